The third-order valence-corrected chi connectivity index (χ3v) is 3.13. The summed E-state index contributed by atoms with van der Waals surface area (Å²) in [5.74, 6) is 0. The number of hydrogen-bond donors (Lipinski definition) is 1. The molecule has 0 bridgehead atoms. The SMILES string of the molecule is CC1N=C(c2ccccc2)C=C(c2ccccc2)N1. The molecule has 3 rings (SSSR count). The van der Waals surface area contributed by atoms with Crippen molar-refractivity contribution in [3.05, 3.63) is 77.9 Å². The Bertz CT molecular complexity index is 612. The van der Waals surface area contributed by atoms with Gasteiger partial charge in [0.2, 0.25) is 0 Å². The largest absolute Gasteiger partial charge is 0.363 e. The van der Waals surface area contributed by atoms with Gasteiger partial charge in [-0.25, -0.2) is 0 Å². The monoisotopic (exact) mass is 248 g/mol. The fourth-order valence-corrected chi connectivity index (χ4v) is 2.23. The molecule has 2 aromatic rings. The van der Waals surface area contributed by atoms with Gasteiger partial charge in [0.25, 0.3) is 0 Å². The van der Waals surface area contributed by atoms with Crippen LogP contribution >= 0.6 is 0 Å². The number of allylic oxidation sites excluding steroid dienone is 1. The molecule has 19 heavy (non-hydrogen) atoms. The van der Waals surface area contributed by atoms with E-state index in [9.17, 15) is 0 Å². The molecule has 0 spiro atoms. The fraction of sp³-hybridized carbons (Fsp3) is 0.118. The molecular weight excluding hydrogens is 232 g/mol. The van der Waals surface area contributed by atoms with E-state index in [1.54, 1.807) is 0 Å². The average molecular weight is 248 g/mol. The van der Waals surface area contributed by atoms with Crippen molar-refractivity contribution >= 4 is 11.4 Å². The maximum absolute atomic E-state index is 4.66. The second-order valence-electron chi connectivity index (χ2n) is 4.62. The summed E-state index contributed by atoms with van der Waals surface area (Å²) >= 11 is 0. The van der Waals surface area contributed by atoms with E-state index in [0.29, 0.717) is 0 Å². The van der Waals surface area contributed by atoms with Crippen LogP contribution in [0.15, 0.2) is 71.7 Å². The molecular formula is C17H16N2. The first-order valence-electron chi connectivity index (χ1n) is 6.50. The first-order chi connectivity index (χ1) is 9.33. The predicted molar refractivity (Wildman–Crippen MR) is 80.0 cm³/mol. The average Bonchev–Trinajstić information content (AvgIpc) is 2.48. The third-order valence-electron chi connectivity index (χ3n) is 3.13. The number of nitrogens with zero attached hydrogens (tertiary/aromatic N) is 1. The highest BCUT2D eigenvalue weighted by Crippen LogP contribution is 2.18. The maximum atomic E-state index is 4.66. The highest BCUT2D eigenvalue weighted by molar-refractivity contribution is 6.12. The molecule has 0 amide bonds. The summed E-state index contributed by atoms with van der Waals surface area (Å²) in [4.78, 5) is 4.66. The van der Waals surface area contributed by atoms with Gasteiger partial charge in [-0.3, -0.25) is 4.99 Å². The summed E-state index contributed by atoms with van der Waals surface area (Å²) in [5.41, 5.74) is 4.51. The summed E-state index contributed by atoms with van der Waals surface area (Å²) in [6.07, 6.45) is 2.21. The summed E-state index contributed by atoms with van der Waals surface area (Å²) in [6, 6.07) is 20.7. The van der Waals surface area contributed by atoms with Crippen LogP contribution in [-0.4, -0.2) is 11.9 Å². The highest BCUT2D eigenvalue weighted by atomic mass is 15.1. The van der Waals surface area contributed by atoms with Gasteiger partial charge in [0, 0.05) is 5.70 Å². The lowest BCUT2D eigenvalue weighted by Crippen LogP contribution is -2.28. The molecule has 2 heteroatoms. The summed E-state index contributed by atoms with van der Waals surface area (Å²) in [7, 11) is 0. The molecule has 1 unspecified atom stereocenters. The Morgan fingerprint density at radius 3 is 2.05 bits per heavy atom. The van der Waals surface area contributed by atoms with E-state index in [1.807, 2.05) is 24.3 Å². The van der Waals surface area contributed by atoms with E-state index in [-0.39, 0.29) is 6.17 Å². The molecule has 94 valence electrons. The smallest absolute Gasteiger partial charge is 0.116 e. The summed E-state index contributed by atoms with van der Waals surface area (Å²) in [5, 5.41) is 3.41. The summed E-state index contributed by atoms with van der Waals surface area (Å²) in [6.45, 7) is 2.07. The first kappa shape index (κ1) is 11.7. The third kappa shape index (κ3) is 2.58. The zero-order valence-electron chi connectivity index (χ0n) is 10.9. The van der Waals surface area contributed by atoms with Gasteiger partial charge < -0.3 is 5.32 Å². The quantitative estimate of drug-likeness (QED) is 0.864. The Kier molecular flexibility index (Phi) is 3.15. The Morgan fingerprint density at radius 2 is 1.42 bits per heavy atom. The Hall–Kier alpha value is -2.35. The van der Waals surface area contributed by atoms with Crippen molar-refractivity contribution in [1.29, 1.82) is 0 Å². The van der Waals surface area contributed by atoms with Crippen molar-refractivity contribution in [2.45, 2.75) is 13.1 Å². The van der Waals surface area contributed by atoms with Gasteiger partial charge in [0.1, 0.15) is 6.17 Å². The predicted octanol–water partition coefficient (Wildman–Crippen LogP) is 3.47. The van der Waals surface area contributed by atoms with Crippen molar-refractivity contribution in [2.24, 2.45) is 4.99 Å². The highest BCUT2D eigenvalue weighted by Gasteiger charge is 2.13. The van der Waals surface area contributed by atoms with E-state index in [4.69, 9.17) is 0 Å². The molecule has 1 aliphatic rings. The molecule has 2 nitrogen and oxygen atoms in total. The van der Waals surface area contributed by atoms with Gasteiger partial charge >= 0.3 is 0 Å². The maximum Gasteiger partial charge on any atom is 0.116 e. The lowest BCUT2D eigenvalue weighted by atomic mass is 10.0. The van der Waals surface area contributed by atoms with E-state index in [0.717, 1.165) is 17.0 Å². The molecule has 0 radical (unpaired) electrons. The first-order valence-corrected chi connectivity index (χ1v) is 6.50. The Balaban J connectivity index is 2.00. The molecule has 1 heterocycles. The number of benzene rings is 2. The Labute approximate surface area is 113 Å². The van der Waals surface area contributed by atoms with Crippen LogP contribution in [0.2, 0.25) is 0 Å². The van der Waals surface area contributed by atoms with E-state index in [2.05, 4.69) is 59.7 Å². The Morgan fingerprint density at radius 1 is 0.842 bits per heavy atom. The van der Waals surface area contributed by atoms with Gasteiger partial charge in [0.15, 0.2) is 0 Å². The molecule has 2 aromatic carbocycles. The molecule has 0 saturated heterocycles. The van der Waals surface area contributed by atoms with Crippen molar-refractivity contribution in [1.82, 2.24) is 5.32 Å². The molecule has 1 N–H and O–H groups in total. The van der Waals surface area contributed by atoms with Crippen LogP contribution < -0.4 is 5.32 Å². The van der Waals surface area contributed by atoms with Crippen LogP contribution in [0.3, 0.4) is 0 Å². The number of nitrogens with one attached hydrogen (secondary N) is 1. The van der Waals surface area contributed by atoms with Crippen LogP contribution in [0.4, 0.5) is 0 Å². The lowest BCUT2D eigenvalue weighted by Gasteiger charge is -2.21. The molecule has 1 aliphatic heterocycles. The minimum absolute atomic E-state index is 0.0930. The topological polar surface area (TPSA) is 24.4 Å². The molecule has 1 atom stereocenters. The minimum Gasteiger partial charge on any atom is -0.363 e. The molecule has 0 saturated carbocycles. The summed E-state index contributed by atoms with van der Waals surface area (Å²) < 4.78 is 0. The van der Waals surface area contributed by atoms with Crippen molar-refractivity contribution in [3.63, 3.8) is 0 Å². The van der Waals surface area contributed by atoms with Crippen LogP contribution in [0.1, 0.15) is 18.1 Å². The van der Waals surface area contributed by atoms with Crippen molar-refractivity contribution < 1.29 is 0 Å². The van der Waals surface area contributed by atoms with Crippen LogP contribution in [0.5, 0.6) is 0 Å². The molecule has 0 aromatic heterocycles. The van der Waals surface area contributed by atoms with Crippen molar-refractivity contribution in [3.8, 4) is 0 Å². The van der Waals surface area contributed by atoms with Crippen molar-refractivity contribution in [2.75, 3.05) is 0 Å². The lowest BCUT2D eigenvalue weighted by molar-refractivity contribution is 0.681. The second kappa shape index (κ2) is 5.11. The zero-order valence-corrected chi connectivity index (χ0v) is 10.9. The van der Waals surface area contributed by atoms with Gasteiger partial charge in [-0.05, 0) is 24.1 Å². The number of rotatable bonds is 2. The number of hydrogen-bond acceptors (Lipinski definition) is 2. The van der Waals surface area contributed by atoms with Gasteiger partial charge in [-0.1, -0.05) is 60.7 Å². The second-order valence-corrected chi connectivity index (χ2v) is 4.62. The van der Waals surface area contributed by atoms with E-state index < -0.39 is 0 Å². The van der Waals surface area contributed by atoms with Gasteiger partial charge in [-0.2, -0.15) is 0 Å². The minimum atomic E-state index is 0.0930. The standard InChI is InChI=1S/C17H16N2/c1-13-18-16(14-8-4-2-5-9-14)12-17(19-13)15-10-6-3-7-11-15/h2-13,18H,1H3. The van der Waals surface area contributed by atoms with Crippen LogP contribution in [0, 0.1) is 0 Å². The van der Waals surface area contributed by atoms with Crippen LogP contribution in [0.25, 0.3) is 5.70 Å². The normalized spacial score (nSPS) is 18.3. The van der Waals surface area contributed by atoms with Crippen LogP contribution in [-0.2, 0) is 0 Å². The van der Waals surface area contributed by atoms with E-state index >= 15 is 0 Å². The van der Waals surface area contributed by atoms with Gasteiger partial charge in [0.05, 0.1) is 5.71 Å². The number of aliphatic imine (C=N–C) groups is 1. The van der Waals surface area contributed by atoms with Gasteiger partial charge in [-0.15, -0.1) is 0 Å². The van der Waals surface area contributed by atoms with E-state index in [1.165, 1.54) is 5.56 Å². The molecule has 0 fully saturated rings. The zero-order chi connectivity index (χ0) is 13.1. The molecule has 0 aliphatic carbocycles. The fourth-order valence-electron chi connectivity index (χ4n) is 2.23.